The minimum atomic E-state index is -0.499. The van der Waals surface area contributed by atoms with E-state index in [1.54, 1.807) is 24.3 Å². The summed E-state index contributed by atoms with van der Waals surface area (Å²) in [5.74, 6) is 0. The predicted molar refractivity (Wildman–Crippen MR) is 84.3 cm³/mol. The Bertz CT molecular complexity index is 1110. The number of non-ortho nitro benzene ring substituents is 1. The number of rotatable bonds is 2. The molecule has 0 fully saturated rings. The summed E-state index contributed by atoms with van der Waals surface area (Å²) < 4.78 is 10.9. The van der Waals surface area contributed by atoms with E-state index in [4.69, 9.17) is 8.83 Å². The SMILES string of the molecule is O=c1oc2ccccc2c2occ(-c3ccc([N+](=O)[O-])cc3)c12. The zero-order valence-electron chi connectivity index (χ0n) is 11.7. The fourth-order valence-corrected chi connectivity index (χ4v) is 2.63. The van der Waals surface area contributed by atoms with Gasteiger partial charge in [0.2, 0.25) is 0 Å². The molecule has 23 heavy (non-hydrogen) atoms. The Morgan fingerprint density at radius 2 is 1.74 bits per heavy atom. The molecule has 0 radical (unpaired) electrons. The molecular weight excluding hydrogens is 298 g/mol. The van der Waals surface area contributed by atoms with Gasteiger partial charge in [-0.25, -0.2) is 4.79 Å². The van der Waals surface area contributed by atoms with Gasteiger partial charge in [0, 0.05) is 17.7 Å². The first-order chi connectivity index (χ1) is 11.1. The summed E-state index contributed by atoms with van der Waals surface area (Å²) in [7, 11) is 0. The van der Waals surface area contributed by atoms with Crippen LogP contribution in [0, 0.1) is 10.1 Å². The van der Waals surface area contributed by atoms with Gasteiger partial charge >= 0.3 is 5.63 Å². The maximum Gasteiger partial charge on any atom is 0.348 e. The van der Waals surface area contributed by atoms with Gasteiger partial charge < -0.3 is 8.83 Å². The van der Waals surface area contributed by atoms with Gasteiger partial charge in [0.15, 0.2) is 5.58 Å². The van der Waals surface area contributed by atoms with Crippen LogP contribution < -0.4 is 5.63 Å². The first-order valence-corrected chi connectivity index (χ1v) is 6.83. The number of nitro groups is 1. The van der Waals surface area contributed by atoms with Gasteiger partial charge in [-0.2, -0.15) is 0 Å². The molecule has 0 bridgehead atoms. The van der Waals surface area contributed by atoms with Crippen molar-refractivity contribution >= 4 is 27.6 Å². The molecule has 4 rings (SSSR count). The number of furan rings is 1. The zero-order valence-corrected chi connectivity index (χ0v) is 11.7. The second kappa shape index (κ2) is 4.81. The van der Waals surface area contributed by atoms with Crippen LogP contribution in [0.4, 0.5) is 5.69 Å². The Morgan fingerprint density at radius 1 is 1.00 bits per heavy atom. The summed E-state index contributed by atoms with van der Waals surface area (Å²) >= 11 is 0. The maximum atomic E-state index is 12.3. The number of hydrogen-bond donors (Lipinski definition) is 0. The minimum Gasteiger partial charge on any atom is -0.463 e. The Labute approximate surface area is 128 Å². The average Bonchev–Trinajstić information content (AvgIpc) is 3.01. The van der Waals surface area contributed by atoms with Crippen LogP contribution in [0.15, 0.2) is 68.4 Å². The predicted octanol–water partition coefficient (Wildman–Crippen LogP) is 4.11. The van der Waals surface area contributed by atoms with Crippen molar-refractivity contribution in [3.8, 4) is 11.1 Å². The Hall–Kier alpha value is -3.41. The Morgan fingerprint density at radius 3 is 2.48 bits per heavy atom. The molecule has 2 aromatic heterocycles. The Balaban J connectivity index is 2.00. The molecule has 6 nitrogen and oxygen atoms in total. The van der Waals surface area contributed by atoms with E-state index in [9.17, 15) is 14.9 Å². The number of hydrogen-bond acceptors (Lipinski definition) is 5. The van der Waals surface area contributed by atoms with Gasteiger partial charge in [0.05, 0.1) is 16.6 Å². The van der Waals surface area contributed by atoms with Crippen LogP contribution in [-0.2, 0) is 0 Å². The lowest BCUT2D eigenvalue weighted by Gasteiger charge is -1.99. The van der Waals surface area contributed by atoms with Crippen LogP contribution in [0.2, 0.25) is 0 Å². The molecule has 0 unspecified atom stereocenters. The second-order valence-corrected chi connectivity index (χ2v) is 5.04. The number of para-hydroxylation sites is 1. The normalized spacial score (nSPS) is 11.1. The van der Waals surface area contributed by atoms with Gasteiger partial charge in [-0.15, -0.1) is 0 Å². The van der Waals surface area contributed by atoms with Gasteiger partial charge in [-0.3, -0.25) is 10.1 Å². The van der Waals surface area contributed by atoms with Crippen LogP contribution in [0.25, 0.3) is 33.1 Å². The van der Waals surface area contributed by atoms with Gasteiger partial charge in [0.1, 0.15) is 11.0 Å². The maximum absolute atomic E-state index is 12.3. The standard InChI is InChI=1S/C17H9NO5/c19-17-15-13(10-5-7-11(8-6-10)18(20)21)9-22-16(15)12-3-1-2-4-14(12)23-17/h1-9H. The molecule has 0 saturated heterocycles. The lowest BCUT2D eigenvalue weighted by atomic mass is 10.0. The number of nitro benzene ring substituents is 1. The lowest BCUT2D eigenvalue weighted by Crippen LogP contribution is -1.99. The minimum absolute atomic E-state index is 0.0148. The molecule has 0 aliphatic carbocycles. The monoisotopic (exact) mass is 307 g/mol. The van der Waals surface area contributed by atoms with E-state index in [1.807, 2.05) is 12.1 Å². The van der Waals surface area contributed by atoms with E-state index < -0.39 is 10.5 Å². The first kappa shape index (κ1) is 13.3. The van der Waals surface area contributed by atoms with Crippen LogP contribution in [0.5, 0.6) is 0 Å². The molecular formula is C17H9NO5. The fraction of sp³-hybridized carbons (Fsp3) is 0. The molecule has 0 N–H and O–H groups in total. The highest BCUT2D eigenvalue weighted by atomic mass is 16.6. The van der Waals surface area contributed by atoms with E-state index in [0.29, 0.717) is 33.1 Å². The molecule has 0 atom stereocenters. The number of nitrogens with zero attached hydrogens (tertiary/aromatic N) is 1. The zero-order chi connectivity index (χ0) is 16.0. The summed E-state index contributed by atoms with van der Waals surface area (Å²) in [5.41, 5.74) is 1.59. The van der Waals surface area contributed by atoms with Crippen LogP contribution in [0.3, 0.4) is 0 Å². The molecule has 2 heterocycles. The van der Waals surface area contributed by atoms with Crippen LogP contribution >= 0.6 is 0 Å². The third-order valence-corrected chi connectivity index (χ3v) is 3.72. The quantitative estimate of drug-likeness (QED) is 0.316. The summed E-state index contributed by atoms with van der Waals surface area (Å²) in [5, 5.41) is 11.8. The molecule has 0 aliphatic heterocycles. The molecule has 0 amide bonds. The third-order valence-electron chi connectivity index (χ3n) is 3.72. The molecule has 0 saturated carbocycles. The Kier molecular flexibility index (Phi) is 2.77. The highest BCUT2D eigenvalue weighted by Crippen LogP contribution is 2.33. The highest BCUT2D eigenvalue weighted by Gasteiger charge is 2.17. The second-order valence-electron chi connectivity index (χ2n) is 5.04. The van der Waals surface area contributed by atoms with Crippen molar-refractivity contribution in [1.29, 1.82) is 0 Å². The number of benzene rings is 2. The van der Waals surface area contributed by atoms with Crippen molar-refractivity contribution in [2.75, 3.05) is 0 Å². The topological polar surface area (TPSA) is 86.5 Å². The number of fused-ring (bicyclic) bond motifs is 3. The van der Waals surface area contributed by atoms with Crippen molar-refractivity contribution < 1.29 is 13.8 Å². The van der Waals surface area contributed by atoms with Crippen molar-refractivity contribution in [2.24, 2.45) is 0 Å². The summed E-state index contributed by atoms with van der Waals surface area (Å²) in [6.07, 6.45) is 1.47. The largest absolute Gasteiger partial charge is 0.463 e. The highest BCUT2D eigenvalue weighted by molar-refractivity contribution is 6.06. The molecule has 4 aromatic rings. The summed E-state index contributed by atoms with van der Waals surface area (Å²) in [4.78, 5) is 22.5. The molecule has 0 aliphatic rings. The van der Waals surface area contributed by atoms with Gasteiger partial charge in [-0.1, -0.05) is 12.1 Å². The summed E-state index contributed by atoms with van der Waals surface area (Å²) in [6, 6.07) is 13.0. The van der Waals surface area contributed by atoms with Crippen LogP contribution in [-0.4, -0.2) is 4.92 Å². The van der Waals surface area contributed by atoms with E-state index in [1.165, 1.54) is 18.4 Å². The van der Waals surface area contributed by atoms with Gasteiger partial charge in [-0.05, 0) is 29.8 Å². The van der Waals surface area contributed by atoms with Crippen molar-refractivity contribution in [3.05, 3.63) is 75.3 Å². The third kappa shape index (κ3) is 2.00. The first-order valence-electron chi connectivity index (χ1n) is 6.83. The van der Waals surface area contributed by atoms with E-state index in [0.717, 1.165) is 0 Å². The van der Waals surface area contributed by atoms with E-state index in [-0.39, 0.29) is 5.69 Å². The average molecular weight is 307 g/mol. The molecule has 112 valence electrons. The molecule has 2 aromatic carbocycles. The summed E-state index contributed by atoms with van der Waals surface area (Å²) in [6.45, 7) is 0. The van der Waals surface area contributed by atoms with Crippen molar-refractivity contribution in [2.45, 2.75) is 0 Å². The van der Waals surface area contributed by atoms with Crippen molar-refractivity contribution in [1.82, 2.24) is 0 Å². The van der Waals surface area contributed by atoms with Crippen LogP contribution in [0.1, 0.15) is 0 Å². The fourth-order valence-electron chi connectivity index (χ4n) is 2.63. The molecule has 0 spiro atoms. The van der Waals surface area contributed by atoms with Gasteiger partial charge in [0.25, 0.3) is 5.69 Å². The smallest absolute Gasteiger partial charge is 0.348 e. The van der Waals surface area contributed by atoms with Crippen molar-refractivity contribution in [3.63, 3.8) is 0 Å². The lowest BCUT2D eigenvalue weighted by molar-refractivity contribution is -0.384. The van der Waals surface area contributed by atoms with E-state index >= 15 is 0 Å². The molecule has 6 heteroatoms. The van der Waals surface area contributed by atoms with E-state index in [2.05, 4.69) is 0 Å².